The Bertz CT molecular complexity index is 1040. The largest absolute Gasteiger partial charge is 0.321 e. The first kappa shape index (κ1) is 18.3. The molecule has 0 saturated carbocycles. The molecule has 0 aliphatic rings. The van der Waals surface area contributed by atoms with Crippen molar-refractivity contribution in [2.45, 2.75) is 0 Å². The highest BCUT2D eigenvalue weighted by molar-refractivity contribution is 6.35. The summed E-state index contributed by atoms with van der Waals surface area (Å²) >= 11 is 6.08. The minimum atomic E-state index is -0.605. The van der Waals surface area contributed by atoms with Crippen molar-refractivity contribution in [3.05, 3.63) is 105 Å². The molecule has 0 bridgehead atoms. The third-order valence-electron chi connectivity index (χ3n) is 3.86. The molecule has 1 N–H and O–H groups in total. The zero-order valence-electron chi connectivity index (χ0n) is 13.9. The lowest BCUT2D eigenvalue weighted by Gasteiger charge is -2.11. The molecule has 0 saturated heterocycles. The summed E-state index contributed by atoms with van der Waals surface area (Å²) < 4.78 is 0. The molecule has 1 amide bonds. The molecule has 0 fully saturated rings. The minimum Gasteiger partial charge on any atom is -0.321 e. The van der Waals surface area contributed by atoms with Gasteiger partial charge in [-0.15, -0.1) is 0 Å². The van der Waals surface area contributed by atoms with Gasteiger partial charge in [-0.3, -0.25) is 19.7 Å². The average molecular weight is 381 g/mol. The average Bonchev–Trinajstić information content (AvgIpc) is 2.68. The van der Waals surface area contributed by atoms with Crippen molar-refractivity contribution in [2.75, 3.05) is 5.32 Å². The maximum Gasteiger partial charge on any atom is 0.270 e. The number of non-ortho nitro benzene ring substituents is 1. The Hall–Kier alpha value is -3.51. The van der Waals surface area contributed by atoms with Gasteiger partial charge in [0.05, 0.1) is 21.2 Å². The maximum atomic E-state index is 12.9. The van der Waals surface area contributed by atoms with E-state index in [9.17, 15) is 19.7 Å². The Morgan fingerprint density at radius 2 is 1.56 bits per heavy atom. The number of nitrogens with zero attached hydrogens (tertiary/aromatic N) is 1. The van der Waals surface area contributed by atoms with E-state index in [2.05, 4.69) is 5.32 Å². The van der Waals surface area contributed by atoms with E-state index in [4.69, 9.17) is 11.6 Å². The van der Waals surface area contributed by atoms with E-state index in [1.165, 1.54) is 18.2 Å². The minimum absolute atomic E-state index is 0.0124. The van der Waals surface area contributed by atoms with E-state index >= 15 is 0 Å². The summed E-state index contributed by atoms with van der Waals surface area (Å²) in [6.45, 7) is 0. The Morgan fingerprint density at radius 1 is 0.889 bits per heavy atom. The Kier molecular flexibility index (Phi) is 5.28. The second-order valence-electron chi connectivity index (χ2n) is 5.62. The summed E-state index contributed by atoms with van der Waals surface area (Å²) in [6.07, 6.45) is 0. The molecule has 3 rings (SSSR count). The van der Waals surface area contributed by atoms with Crippen LogP contribution in [-0.2, 0) is 0 Å². The molecule has 3 aromatic carbocycles. The highest BCUT2D eigenvalue weighted by Gasteiger charge is 2.21. The lowest BCUT2D eigenvalue weighted by Crippen LogP contribution is -2.15. The fourth-order valence-electron chi connectivity index (χ4n) is 2.52. The van der Waals surface area contributed by atoms with Gasteiger partial charge in [0.2, 0.25) is 0 Å². The van der Waals surface area contributed by atoms with Crippen molar-refractivity contribution in [3.63, 3.8) is 0 Å². The number of ketones is 1. The van der Waals surface area contributed by atoms with Crippen molar-refractivity contribution < 1.29 is 14.5 Å². The first-order valence-corrected chi connectivity index (χ1v) is 8.29. The summed E-state index contributed by atoms with van der Waals surface area (Å²) in [5.41, 5.74) is 0.478. The number of nitro groups is 1. The predicted molar refractivity (Wildman–Crippen MR) is 102 cm³/mol. The third-order valence-corrected chi connectivity index (χ3v) is 4.19. The topological polar surface area (TPSA) is 89.3 Å². The van der Waals surface area contributed by atoms with Crippen LogP contribution in [0.4, 0.5) is 11.4 Å². The molecule has 0 aromatic heterocycles. The Labute approximate surface area is 159 Å². The van der Waals surface area contributed by atoms with E-state index < -0.39 is 16.6 Å². The number of hydrogen-bond acceptors (Lipinski definition) is 4. The number of carbonyl (C=O) groups is 2. The lowest BCUT2D eigenvalue weighted by atomic mass is 10.0. The Balaban J connectivity index is 2.04. The molecular formula is C20H13ClN2O4. The normalized spacial score (nSPS) is 10.3. The number of anilines is 1. The van der Waals surface area contributed by atoms with Gasteiger partial charge in [0, 0.05) is 23.3 Å². The van der Waals surface area contributed by atoms with Gasteiger partial charge in [-0.25, -0.2) is 0 Å². The number of nitro benzene ring substituents is 1. The molecule has 0 aliphatic heterocycles. The molecule has 0 spiro atoms. The van der Waals surface area contributed by atoms with E-state index in [0.717, 1.165) is 6.07 Å². The summed E-state index contributed by atoms with van der Waals surface area (Å²) in [5, 5.41) is 14.0. The molecule has 0 heterocycles. The van der Waals surface area contributed by atoms with Crippen LogP contribution in [0.15, 0.2) is 72.8 Å². The number of benzene rings is 3. The fourth-order valence-corrected chi connectivity index (χ4v) is 2.74. The SMILES string of the molecule is O=C(Nc1ccc([N+](=O)[O-])cc1C(=O)c1ccccc1Cl)c1ccccc1. The summed E-state index contributed by atoms with van der Waals surface area (Å²) in [5.74, 6) is -0.953. The molecule has 0 unspecified atom stereocenters. The Morgan fingerprint density at radius 3 is 2.22 bits per heavy atom. The highest BCUT2D eigenvalue weighted by atomic mass is 35.5. The molecule has 0 aliphatic carbocycles. The van der Waals surface area contributed by atoms with Crippen molar-refractivity contribution in [1.82, 2.24) is 0 Å². The lowest BCUT2D eigenvalue weighted by molar-refractivity contribution is -0.384. The molecule has 134 valence electrons. The molecule has 27 heavy (non-hydrogen) atoms. The van der Waals surface area contributed by atoms with Gasteiger partial charge in [-0.05, 0) is 30.3 Å². The first-order chi connectivity index (χ1) is 13.0. The molecule has 3 aromatic rings. The number of rotatable bonds is 5. The number of carbonyl (C=O) groups excluding carboxylic acids is 2. The first-order valence-electron chi connectivity index (χ1n) is 7.91. The van der Waals surface area contributed by atoms with Crippen LogP contribution in [-0.4, -0.2) is 16.6 Å². The van der Waals surface area contributed by atoms with Gasteiger partial charge in [0.15, 0.2) is 5.78 Å². The zero-order valence-corrected chi connectivity index (χ0v) is 14.6. The van der Waals surface area contributed by atoms with Crippen molar-refractivity contribution in [1.29, 1.82) is 0 Å². The standard InChI is InChI=1S/C20H13ClN2O4/c21-17-9-5-4-8-15(17)19(24)16-12-14(23(26)27)10-11-18(16)22-20(25)13-6-2-1-3-7-13/h1-12H,(H,22,25). The second-order valence-corrected chi connectivity index (χ2v) is 6.02. The van der Waals surface area contributed by atoms with Crippen LogP contribution in [0.3, 0.4) is 0 Å². The van der Waals surface area contributed by atoms with Gasteiger partial charge in [-0.2, -0.15) is 0 Å². The van der Waals surface area contributed by atoms with Crippen molar-refractivity contribution in [2.24, 2.45) is 0 Å². The molecule has 0 radical (unpaired) electrons. The van der Waals surface area contributed by atoms with Gasteiger partial charge in [0.1, 0.15) is 0 Å². The van der Waals surface area contributed by atoms with Crippen LogP contribution < -0.4 is 5.32 Å². The highest BCUT2D eigenvalue weighted by Crippen LogP contribution is 2.27. The van der Waals surface area contributed by atoms with E-state index in [-0.39, 0.29) is 27.5 Å². The predicted octanol–water partition coefficient (Wildman–Crippen LogP) is 4.73. The van der Waals surface area contributed by atoms with E-state index in [1.807, 2.05) is 0 Å². The van der Waals surface area contributed by atoms with Gasteiger partial charge in [0.25, 0.3) is 11.6 Å². The number of hydrogen-bond donors (Lipinski definition) is 1. The monoisotopic (exact) mass is 380 g/mol. The molecular weight excluding hydrogens is 368 g/mol. The van der Waals surface area contributed by atoms with Crippen molar-refractivity contribution >= 4 is 34.7 Å². The number of halogens is 1. The quantitative estimate of drug-likeness (QED) is 0.393. The smallest absolute Gasteiger partial charge is 0.270 e. The van der Waals surface area contributed by atoms with Crippen molar-refractivity contribution in [3.8, 4) is 0 Å². The van der Waals surface area contributed by atoms with Crippen LogP contribution in [0.5, 0.6) is 0 Å². The summed E-state index contributed by atoms with van der Waals surface area (Å²) in [6, 6.07) is 18.5. The van der Waals surface area contributed by atoms with Gasteiger partial charge in [-0.1, -0.05) is 41.9 Å². The summed E-state index contributed by atoms with van der Waals surface area (Å²) in [4.78, 5) is 35.9. The van der Waals surface area contributed by atoms with Crippen LogP contribution in [0.1, 0.15) is 26.3 Å². The molecule has 0 atom stereocenters. The fraction of sp³-hybridized carbons (Fsp3) is 0. The van der Waals surface area contributed by atoms with Crippen LogP contribution in [0, 0.1) is 10.1 Å². The molecule has 6 nitrogen and oxygen atoms in total. The third kappa shape index (κ3) is 4.02. The van der Waals surface area contributed by atoms with Crippen LogP contribution in [0.25, 0.3) is 0 Å². The van der Waals surface area contributed by atoms with Gasteiger partial charge >= 0.3 is 0 Å². The van der Waals surface area contributed by atoms with Gasteiger partial charge < -0.3 is 5.32 Å². The zero-order chi connectivity index (χ0) is 19.4. The second kappa shape index (κ2) is 7.80. The molecule has 7 heteroatoms. The van der Waals surface area contributed by atoms with E-state index in [0.29, 0.717) is 5.56 Å². The number of amides is 1. The van der Waals surface area contributed by atoms with Crippen LogP contribution >= 0.6 is 11.6 Å². The van der Waals surface area contributed by atoms with E-state index in [1.54, 1.807) is 48.5 Å². The summed E-state index contributed by atoms with van der Waals surface area (Å²) in [7, 11) is 0. The maximum absolute atomic E-state index is 12.9. The number of nitrogens with one attached hydrogen (secondary N) is 1. The van der Waals surface area contributed by atoms with Crippen LogP contribution in [0.2, 0.25) is 5.02 Å².